The number of likely N-dealkylation sites (N-methyl/N-ethyl adjacent to an activating group) is 1. The third kappa shape index (κ3) is 5.75. The summed E-state index contributed by atoms with van der Waals surface area (Å²) in [7, 11) is 2.07. The Labute approximate surface area is 245 Å². The van der Waals surface area contributed by atoms with Gasteiger partial charge in [-0.2, -0.15) is 13.2 Å². The Kier molecular flexibility index (Phi) is 8.32. The number of benzene rings is 2. The molecule has 1 amide bonds. The number of nitrogens with two attached hydrogens (primary N) is 2. The number of halogens is 3. The lowest BCUT2D eigenvalue weighted by molar-refractivity contribution is -0.138. The molecule has 3 heterocycles. The average molecular weight is 587 g/mol. The van der Waals surface area contributed by atoms with Gasteiger partial charge in [0.15, 0.2) is 0 Å². The van der Waals surface area contributed by atoms with Gasteiger partial charge in [0.25, 0.3) is 5.91 Å². The highest BCUT2D eigenvalue weighted by molar-refractivity contribution is 6.10. The highest BCUT2D eigenvalue weighted by atomic mass is 19.4. The molecular weight excluding hydrogens is 545 g/mol. The van der Waals surface area contributed by atoms with Gasteiger partial charge in [-0.1, -0.05) is 26.0 Å². The van der Waals surface area contributed by atoms with Crippen molar-refractivity contribution in [2.75, 3.05) is 51.3 Å². The number of allylic oxidation sites excluding steroid dienone is 1. The van der Waals surface area contributed by atoms with Gasteiger partial charge in [0, 0.05) is 61.9 Å². The lowest BCUT2D eigenvalue weighted by Gasteiger charge is -2.44. The molecule has 42 heavy (non-hydrogen) atoms. The molecule has 8 nitrogen and oxygen atoms in total. The van der Waals surface area contributed by atoms with Crippen LogP contribution in [0, 0.1) is 5.92 Å². The van der Waals surface area contributed by atoms with Crippen LogP contribution < -0.4 is 16.5 Å². The van der Waals surface area contributed by atoms with Crippen LogP contribution in [-0.4, -0.2) is 73.2 Å². The fourth-order valence-electron chi connectivity index (χ4n) is 6.32. The van der Waals surface area contributed by atoms with E-state index in [1.165, 1.54) is 17.2 Å². The molecule has 0 radical (unpaired) electrons. The maximum atomic E-state index is 14.4. The first-order chi connectivity index (χ1) is 19.8. The minimum atomic E-state index is -4.58. The van der Waals surface area contributed by atoms with Gasteiger partial charge < -0.3 is 25.3 Å². The third-order valence-corrected chi connectivity index (χ3v) is 8.99. The first-order valence-electron chi connectivity index (χ1n) is 14.4. The van der Waals surface area contributed by atoms with Crippen molar-refractivity contribution in [3.63, 3.8) is 0 Å². The van der Waals surface area contributed by atoms with E-state index in [0.717, 1.165) is 25.2 Å². The van der Waals surface area contributed by atoms with Gasteiger partial charge in [-0.15, -0.1) is 0 Å². The SMILES string of the molecule is C/C(=C/N)N(N)CC1(c2cccc(N3Cc4c(cc(CN5CCN(C)CC5C(C)C)cc4C(F)(F)F)C3=O)c2)COC1. The molecule has 3 aliphatic rings. The Balaban J connectivity index is 1.45. The Morgan fingerprint density at radius 3 is 2.57 bits per heavy atom. The summed E-state index contributed by atoms with van der Waals surface area (Å²) in [5.74, 6) is 6.15. The van der Waals surface area contributed by atoms with Crippen LogP contribution >= 0.6 is 0 Å². The Hall–Kier alpha value is -3.12. The lowest BCUT2D eigenvalue weighted by Crippen LogP contribution is -2.55. The topological polar surface area (TPSA) is 91.3 Å². The molecule has 0 aliphatic carbocycles. The van der Waals surface area contributed by atoms with E-state index in [1.807, 2.05) is 25.1 Å². The Morgan fingerprint density at radius 1 is 1.21 bits per heavy atom. The van der Waals surface area contributed by atoms with E-state index in [2.05, 4.69) is 30.7 Å². The van der Waals surface area contributed by atoms with E-state index in [9.17, 15) is 18.0 Å². The van der Waals surface area contributed by atoms with Gasteiger partial charge >= 0.3 is 6.18 Å². The molecule has 0 saturated carbocycles. The summed E-state index contributed by atoms with van der Waals surface area (Å²) < 4.78 is 48.8. The standard InChI is InChI=1S/C31H41F3N6O2/c1-20(2)28-16-37(4)8-9-38(28)14-22-10-25-26(27(11-22)31(32,33)34)15-39(29(25)41)24-7-5-6-23(12-24)30(18-42-19-30)17-40(36)21(3)13-35/h5-7,10-13,20,28H,8-9,14-19,35-36H2,1-4H3/b21-13-. The summed E-state index contributed by atoms with van der Waals surface area (Å²) in [4.78, 5) is 19.7. The van der Waals surface area contributed by atoms with Crippen LogP contribution in [0.2, 0.25) is 0 Å². The van der Waals surface area contributed by atoms with Crippen molar-refractivity contribution >= 4 is 11.6 Å². The normalized spacial score (nSPS) is 21.5. The van der Waals surface area contributed by atoms with Crippen LogP contribution in [0.5, 0.6) is 0 Å². The maximum Gasteiger partial charge on any atom is 0.416 e. The molecule has 2 fully saturated rings. The molecule has 228 valence electrons. The first-order valence-corrected chi connectivity index (χ1v) is 14.4. The highest BCUT2D eigenvalue weighted by Gasteiger charge is 2.44. The highest BCUT2D eigenvalue weighted by Crippen LogP contribution is 2.41. The second-order valence-electron chi connectivity index (χ2n) is 12.4. The maximum absolute atomic E-state index is 14.4. The molecule has 0 spiro atoms. The van der Waals surface area contributed by atoms with E-state index in [4.69, 9.17) is 16.3 Å². The van der Waals surface area contributed by atoms with E-state index in [1.54, 1.807) is 17.1 Å². The van der Waals surface area contributed by atoms with Gasteiger partial charge in [0.2, 0.25) is 0 Å². The summed E-state index contributed by atoms with van der Waals surface area (Å²) in [5, 5.41) is 1.56. The van der Waals surface area contributed by atoms with Crippen molar-refractivity contribution < 1.29 is 22.7 Å². The van der Waals surface area contributed by atoms with Crippen molar-refractivity contribution in [2.24, 2.45) is 17.5 Å². The van der Waals surface area contributed by atoms with E-state index < -0.39 is 23.1 Å². The number of ether oxygens (including phenoxy) is 1. The summed E-state index contributed by atoms with van der Waals surface area (Å²) in [6.45, 7) is 10.1. The van der Waals surface area contributed by atoms with Crippen LogP contribution in [0.4, 0.5) is 18.9 Å². The number of hydrogen-bond donors (Lipinski definition) is 2. The van der Waals surface area contributed by atoms with Crippen LogP contribution in [0.3, 0.4) is 0 Å². The van der Waals surface area contributed by atoms with Crippen LogP contribution in [0.1, 0.15) is 53.4 Å². The van der Waals surface area contributed by atoms with Crippen molar-refractivity contribution in [3.8, 4) is 0 Å². The summed E-state index contributed by atoms with van der Waals surface area (Å²) in [5.41, 5.74) is 7.30. The van der Waals surface area contributed by atoms with Gasteiger partial charge in [-0.25, -0.2) is 5.84 Å². The molecule has 11 heteroatoms. The predicted molar refractivity (Wildman–Crippen MR) is 156 cm³/mol. The summed E-state index contributed by atoms with van der Waals surface area (Å²) in [6, 6.07) is 10.5. The molecule has 0 bridgehead atoms. The number of nitrogens with zero attached hydrogens (tertiary/aromatic N) is 4. The molecule has 1 atom stereocenters. The van der Waals surface area contributed by atoms with Crippen LogP contribution in [0.25, 0.3) is 0 Å². The summed E-state index contributed by atoms with van der Waals surface area (Å²) in [6.07, 6.45) is -3.15. The fraction of sp³-hybridized carbons (Fsp3) is 0.516. The van der Waals surface area contributed by atoms with Crippen LogP contribution in [0.15, 0.2) is 48.3 Å². The minimum Gasteiger partial charge on any atom is -0.403 e. The molecule has 2 aromatic rings. The quantitative estimate of drug-likeness (QED) is 0.358. The fourth-order valence-corrected chi connectivity index (χ4v) is 6.32. The van der Waals surface area contributed by atoms with Gasteiger partial charge in [0.1, 0.15) is 0 Å². The number of amides is 1. The largest absolute Gasteiger partial charge is 0.416 e. The molecule has 2 aromatic carbocycles. The number of carbonyl (C=O) groups is 1. The average Bonchev–Trinajstić information content (AvgIpc) is 3.26. The minimum absolute atomic E-state index is 0.0268. The smallest absolute Gasteiger partial charge is 0.403 e. The number of rotatable bonds is 8. The van der Waals surface area contributed by atoms with Gasteiger partial charge in [-0.05, 0) is 60.8 Å². The van der Waals surface area contributed by atoms with E-state index in [-0.39, 0.29) is 23.7 Å². The number of anilines is 1. The number of piperazine rings is 1. The molecular formula is C31H41F3N6O2. The van der Waals surface area contributed by atoms with Crippen molar-refractivity contribution in [1.29, 1.82) is 0 Å². The van der Waals surface area contributed by atoms with Gasteiger partial charge in [-0.3, -0.25) is 9.69 Å². The van der Waals surface area contributed by atoms with Crippen molar-refractivity contribution in [3.05, 3.63) is 76.1 Å². The predicted octanol–water partition coefficient (Wildman–Crippen LogP) is 3.90. The Bertz CT molecular complexity index is 1360. The van der Waals surface area contributed by atoms with Crippen molar-refractivity contribution in [1.82, 2.24) is 14.8 Å². The zero-order chi connectivity index (χ0) is 30.4. The van der Waals surface area contributed by atoms with Crippen molar-refractivity contribution in [2.45, 2.75) is 51.5 Å². The second kappa shape index (κ2) is 11.5. The second-order valence-corrected chi connectivity index (χ2v) is 12.4. The van der Waals surface area contributed by atoms with E-state index in [0.29, 0.717) is 49.2 Å². The zero-order valence-electron chi connectivity index (χ0n) is 24.7. The van der Waals surface area contributed by atoms with Gasteiger partial charge in [0.05, 0.1) is 30.7 Å². The zero-order valence-corrected chi connectivity index (χ0v) is 24.7. The monoisotopic (exact) mass is 586 g/mol. The first kappa shape index (κ1) is 30.3. The molecule has 3 aliphatic heterocycles. The molecule has 4 N–H and O–H groups in total. The number of alkyl halides is 3. The molecule has 1 unspecified atom stereocenters. The molecule has 5 rings (SSSR count). The lowest BCUT2D eigenvalue weighted by atomic mass is 9.78. The molecule has 0 aromatic heterocycles. The molecule has 2 saturated heterocycles. The number of fused-ring (bicyclic) bond motifs is 1. The summed E-state index contributed by atoms with van der Waals surface area (Å²) >= 11 is 0. The Morgan fingerprint density at radius 2 is 1.95 bits per heavy atom. The number of hydrazine groups is 1. The van der Waals surface area contributed by atoms with E-state index >= 15 is 0 Å². The number of carbonyl (C=O) groups excluding carboxylic acids is 1. The third-order valence-electron chi connectivity index (χ3n) is 8.99. The van der Waals surface area contributed by atoms with Crippen LogP contribution in [-0.2, 0) is 29.4 Å². The number of hydrogen-bond acceptors (Lipinski definition) is 7.